The van der Waals surface area contributed by atoms with Gasteiger partial charge in [-0.05, 0) is 25.3 Å². The summed E-state index contributed by atoms with van der Waals surface area (Å²) in [5.74, 6) is -0.799. The van der Waals surface area contributed by atoms with Crippen LogP contribution in [0.25, 0.3) is 0 Å². The predicted molar refractivity (Wildman–Crippen MR) is 59.9 cm³/mol. The van der Waals surface area contributed by atoms with Crippen molar-refractivity contribution in [1.29, 1.82) is 0 Å². The van der Waals surface area contributed by atoms with Crippen LogP contribution in [0, 0.1) is 0 Å². The number of allylic oxidation sites excluding steroid dienone is 2. The summed E-state index contributed by atoms with van der Waals surface area (Å²) in [6.07, 6.45) is 3.29. The van der Waals surface area contributed by atoms with Crippen LogP contribution in [0.1, 0.15) is 33.1 Å². The third-order valence-electron chi connectivity index (χ3n) is 1.97. The van der Waals surface area contributed by atoms with Gasteiger partial charge in [0.1, 0.15) is 6.04 Å². The van der Waals surface area contributed by atoms with Crippen LogP contribution >= 0.6 is 0 Å². The van der Waals surface area contributed by atoms with E-state index in [1.807, 2.05) is 6.92 Å². The quantitative estimate of drug-likeness (QED) is 0.369. The van der Waals surface area contributed by atoms with E-state index in [0.717, 1.165) is 6.42 Å². The van der Waals surface area contributed by atoms with Crippen LogP contribution in [0.3, 0.4) is 0 Å². The van der Waals surface area contributed by atoms with Crippen molar-refractivity contribution in [3.63, 3.8) is 0 Å². The number of rotatable bonds is 8. The number of carbonyl (C=O) groups is 2. The fourth-order valence-electron chi connectivity index (χ4n) is 1.10. The summed E-state index contributed by atoms with van der Waals surface area (Å²) in [4.78, 5) is 21.5. The summed E-state index contributed by atoms with van der Waals surface area (Å²) in [7, 11) is 0. The number of Topliss-reactive ketones (excluding diaryl/α,β-unsaturated/α-hetero) is 1. The van der Waals surface area contributed by atoms with Crippen LogP contribution in [-0.4, -0.2) is 29.5 Å². The average Bonchev–Trinajstić information content (AvgIpc) is 2.21. The third-order valence-corrected chi connectivity index (χ3v) is 1.97. The second-order valence-electron chi connectivity index (χ2n) is 3.47. The van der Waals surface area contributed by atoms with Gasteiger partial charge >= 0.3 is 5.97 Å². The summed E-state index contributed by atoms with van der Waals surface area (Å²) < 4.78 is 5.24. The lowest BCUT2D eigenvalue weighted by Gasteiger charge is -2.09. The number of hydrogen-bond acceptors (Lipinski definition) is 4. The highest BCUT2D eigenvalue weighted by Crippen LogP contribution is 2.04. The number of hydrogen-bond donors (Lipinski definition) is 2. The summed E-state index contributed by atoms with van der Waals surface area (Å²) in [5.41, 5.74) is 5.32. The summed E-state index contributed by atoms with van der Waals surface area (Å²) in [6.45, 7) is 3.66. The van der Waals surface area contributed by atoms with Crippen molar-refractivity contribution in [2.45, 2.75) is 39.2 Å². The van der Waals surface area contributed by atoms with E-state index >= 15 is 0 Å². The summed E-state index contributed by atoms with van der Waals surface area (Å²) in [5, 5.41) is 8.53. The van der Waals surface area contributed by atoms with Crippen molar-refractivity contribution in [1.82, 2.24) is 0 Å². The molecule has 0 aliphatic heterocycles. The Morgan fingerprint density at radius 1 is 1.50 bits per heavy atom. The highest BCUT2D eigenvalue weighted by molar-refractivity contribution is 5.91. The fourth-order valence-corrected chi connectivity index (χ4v) is 1.10. The predicted octanol–water partition coefficient (Wildman–Crippen LogP) is 1.08. The van der Waals surface area contributed by atoms with Gasteiger partial charge in [-0.1, -0.05) is 6.92 Å². The van der Waals surface area contributed by atoms with Crippen LogP contribution in [0.5, 0.6) is 0 Å². The van der Waals surface area contributed by atoms with Gasteiger partial charge in [-0.3, -0.25) is 9.59 Å². The molecule has 0 aliphatic rings. The maximum Gasteiger partial charge on any atom is 0.320 e. The Balaban J connectivity index is 3.84. The molecule has 0 fully saturated rings. The van der Waals surface area contributed by atoms with Gasteiger partial charge in [-0.2, -0.15) is 0 Å². The molecule has 0 saturated carbocycles. The molecule has 5 nitrogen and oxygen atoms in total. The monoisotopic (exact) mass is 229 g/mol. The molecular formula is C11H19NO4. The van der Waals surface area contributed by atoms with Crippen molar-refractivity contribution in [2.24, 2.45) is 5.73 Å². The minimum atomic E-state index is -1.02. The molecule has 3 N–H and O–H groups in total. The van der Waals surface area contributed by atoms with E-state index in [-0.39, 0.29) is 5.78 Å². The zero-order valence-electron chi connectivity index (χ0n) is 9.73. The van der Waals surface area contributed by atoms with Gasteiger partial charge in [0.05, 0.1) is 6.61 Å². The normalized spacial score (nSPS) is 13.3. The van der Waals surface area contributed by atoms with E-state index in [2.05, 4.69) is 0 Å². The first-order valence-corrected chi connectivity index (χ1v) is 5.31. The van der Waals surface area contributed by atoms with Crippen molar-refractivity contribution in [2.75, 3.05) is 6.61 Å². The van der Waals surface area contributed by atoms with Crippen molar-refractivity contribution in [3.8, 4) is 0 Å². The molecule has 0 aromatic carbocycles. The number of aliphatic carboxylic acids is 1. The second-order valence-corrected chi connectivity index (χ2v) is 3.47. The maximum absolute atomic E-state index is 11.1. The van der Waals surface area contributed by atoms with Crippen LogP contribution in [-0.2, 0) is 14.3 Å². The Bertz CT molecular complexity index is 273. The minimum Gasteiger partial charge on any atom is -0.490 e. The number of carbonyl (C=O) groups excluding carboxylic acids is 1. The lowest BCUT2D eigenvalue weighted by molar-refractivity contribution is -0.138. The first kappa shape index (κ1) is 14.6. The summed E-state index contributed by atoms with van der Waals surface area (Å²) >= 11 is 0. The van der Waals surface area contributed by atoms with Crippen LogP contribution in [0.2, 0.25) is 0 Å². The van der Waals surface area contributed by atoms with E-state index in [4.69, 9.17) is 15.6 Å². The van der Waals surface area contributed by atoms with E-state index in [1.54, 1.807) is 6.08 Å². The Morgan fingerprint density at radius 3 is 2.56 bits per heavy atom. The third kappa shape index (κ3) is 6.19. The molecule has 0 bridgehead atoms. The fraction of sp³-hybridized carbons (Fsp3) is 0.636. The molecule has 92 valence electrons. The molecule has 0 aliphatic carbocycles. The Hall–Kier alpha value is -1.36. The standard InChI is InChI=1S/C11H19NO4/c1-3-5-10(8(2)13)16-7-4-6-9(12)11(14)15/h5,9H,3-4,6-7,12H2,1-2H3,(H,14,15)/b10-5+. The topological polar surface area (TPSA) is 89.6 Å². The van der Waals surface area contributed by atoms with E-state index in [1.165, 1.54) is 6.92 Å². The van der Waals surface area contributed by atoms with Gasteiger partial charge < -0.3 is 15.6 Å². The molecular weight excluding hydrogens is 210 g/mol. The Labute approximate surface area is 95.3 Å². The molecule has 16 heavy (non-hydrogen) atoms. The van der Waals surface area contributed by atoms with E-state index in [0.29, 0.717) is 25.2 Å². The zero-order chi connectivity index (χ0) is 12.6. The molecule has 0 saturated heterocycles. The highest BCUT2D eigenvalue weighted by Gasteiger charge is 2.11. The highest BCUT2D eigenvalue weighted by atomic mass is 16.5. The molecule has 0 heterocycles. The van der Waals surface area contributed by atoms with Gasteiger partial charge in [0, 0.05) is 6.92 Å². The molecule has 0 aromatic heterocycles. The van der Waals surface area contributed by atoms with Gasteiger partial charge in [0.15, 0.2) is 11.5 Å². The SMILES string of the molecule is CC/C=C(/OCCCC(N)C(=O)O)C(C)=O. The van der Waals surface area contributed by atoms with Gasteiger partial charge in [-0.15, -0.1) is 0 Å². The Kier molecular flexibility index (Phi) is 7.20. The van der Waals surface area contributed by atoms with E-state index in [9.17, 15) is 9.59 Å². The molecule has 0 radical (unpaired) electrons. The first-order chi connectivity index (χ1) is 7.49. The largest absolute Gasteiger partial charge is 0.490 e. The molecule has 0 rings (SSSR count). The number of carboxylic acid groups (broad SMARTS) is 1. The van der Waals surface area contributed by atoms with Gasteiger partial charge in [0.25, 0.3) is 0 Å². The van der Waals surface area contributed by atoms with Gasteiger partial charge in [-0.25, -0.2) is 0 Å². The maximum atomic E-state index is 11.1. The molecule has 5 heteroatoms. The van der Waals surface area contributed by atoms with Crippen LogP contribution < -0.4 is 5.73 Å². The van der Waals surface area contributed by atoms with Crippen molar-refractivity contribution in [3.05, 3.63) is 11.8 Å². The average molecular weight is 229 g/mol. The number of nitrogens with two attached hydrogens (primary N) is 1. The molecule has 0 aromatic rings. The smallest absolute Gasteiger partial charge is 0.320 e. The zero-order valence-corrected chi connectivity index (χ0v) is 9.73. The van der Waals surface area contributed by atoms with Crippen molar-refractivity contribution < 1.29 is 19.4 Å². The Morgan fingerprint density at radius 2 is 2.12 bits per heavy atom. The molecule has 1 atom stereocenters. The van der Waals surface area contributed by atoms with E-state index < -0.39 is 12.0 Å². The first-order valence-electron chi connectivity index (χ1n) is 5.31. The lowest BCUT2D eigenvalue weighted by atomic mass is 10.2. The molecule has 1 unspecified atom stereocenters. The molecule has 0 amide bonds. The minimum absolute atomic E-state index is 0.121. The summed E-state index contributed by atoms with van der Waals surface area (Å²) in [6, 6.07) is -0.862. The van der Waals surface area contributed by atoms with Crippen molar-refractivity contribution >= 4 is 11.8 Å². The van der Waals surface area contributed by atoms with Crippen LogP contribution in [0.4, 0.5) is 0 Å². The molecule has 0 spiro atoms. The lowest BCUT2D eigenvalue weighted by Crippen LogP contribution is -2.30. The number of ketones is 1. The van der Waals surface area contributed by atoms with Crippen LogP contribution in [0.15, 0.2) is 11.8 Å². The van der Waals surface area contributed by atoms with Gasteiger partial charge in [0.2, 0.25) is 0 Å². The number of carboxylic acids is 1. The number of ether oxygens (including phenoxy) is 1. The second kappa shape index (κ2) is 7.87.